The molecule has 0 saturated carbocycles. The molecular formula is C22H23F3N2O2S2. The van der Waals surface area contributed by atoms with Gasteiger partial charge in [0.25, 0.3) is 5.19 Å². The summed E-state index contributed by atoms with van der Waals surface area (Å²) >= 11 is 1.17. The number of nitrogens with zero attached hydrogens (tertiary/aromatic N) is 2. The monoisotopic (exact) mass is 468 g/mol. The molecule has 166 valence electrons. The van der Waals surface area contributed by atoms with Gasteiger partial charge in [-0.3, -0.25) is 0 Å². The van der Waals surface area contributed by atoms with Crippen molar-refractivity contribution in [1.29, 1.82) is 0 Å². The number of rotatable bonds is 7. The molecule has 0 aliphatic rings. The molecule has 0 saturated heterocycles. The molecule has 1 atom stereocenters. The van der Waals surface area contributed by atoms with E-state index in [2.05, 4.69) is 9.36 Å². The molecule has 0 fully saturated rings. The highest BCUT2D eigenvalue weighted by Crippen LogP contribution is 2.38. The van der Waals surface area contributed by atoms with Crippen LogP contribution in [-0.4, -0.2) is 26.8 Å². The lowest BCUT2D eigenvalue weighted by Crippen LogP contribution is -2.09. The maximum absolute atomic E-state index is 12.8. The number of ether oxygens (including phenoxy) is 1. The highest BCUT2D eigenvalue weighted by Gasteiger charge is 2.33. The molecule has 0 bridgehead atoms. The van der Waals surface area contributed by atoms with E-state index in [0.29, 0.717) is 23.2 Å². The van der Waals surface area contributed by atoms with Crippen LogP contribution in [0.2, 0.25) is 0 Å². The minimum absolute atomic E-state index is 0.0102. The van der Waals surface area contributed by atoms with E-state index in [1.807, 2.05) is 57.2 Å². The van der Waals surface area contributed by atoms with Crippen LogP contribution >= 0.6 is 22.3 Å². The van der Waals surface area contributed by atoms with Gasteiger partial charge in [0.15, 0.2) is 5.82 Å². The largest absolute Gasteiger partial charge is 0.460 e. The first-order valence-electron chi connectivity index (χ1n) is 9.58. The summed E-state index contributed by atoms with van der Waals surface area (Å²) in [6, 6.07) is 11.7. The van der Waals surface area contributed by atoms with Gasteiger partial charge in [-0.1, -0.05) is 35.9 Å². The predicted molar refractivity (Wildman–Crippen MR) is 121 cm³/mol. The van der Waals surface area contributed by atoms with Crippen LogP contribution < -0.4 is 4.74 Å². The molecule has 1 unspecified atom stereocenters. The Hall–Kier alpha value is -2.23. The molecule has 2 aromatic carbocycles. The summed E-state index contributed by atoms with van der Waals surface area (Å²) in [6.45, 7) is 7.15. The predicted octanol–water partition coefficient (Wildman–Crippen LogP) is 7.01. The first kappa shape index (κ1) is 23.4. The lowest BCUT2D eigenvalue weighted by Gasteiger charge is -2.14. The molecule has 0 aliphatic carbocycles. The number of halogens is 3. The van der Waals surface area contributed by atoms with E-state index in [0.717, 1.165) is 33.2 Å². The molecule has 31 heavy (non-hydrogen) atoms. The number of alkyl halides is 3. The van der Waals surface area contributed by atoms with Crippen LogP contribution in [0.15, 0.2) is 36.4 Å². The van der Waals surface area contributed by atoms with E-state index in [9.17, 15) is 13.2 Å². The van der Waals surface area contributed by atoms with E-state index in [1.54, 1.807) is 0 Å². The Labute approximate surface area is 186 Å². The molecule has 0 spiro atoms. The van der Waals surface area contributed by atoms with Crippen LogP contribution in [0, 0.1) is 20.8 Å². The Bertz CT molecular complexity index is 1080. The van der Waals surface area contributed by atoms with E-state index >= 15 is 0 Å². The van der Waals surface area contributed by atoms with Crippen LogP contribution in [0.4, 0.5) is 13.2 Å². The van der Waals surface area contributed by atoms with E-state index in [1.165, 1.54) is 18.5 Å². The number of hydrogen-bond donors (Lipinski definition) is 0. The van der Waals surface area contributed by atoms with Crippen molar-refractivity contribution in [3.8, 4) is 22.3 Å². The summed E-state index contributed by atoms with van der Waals surface area (Å²) in [5.74, 6) is 1.25. The molecule has 3 rings (SSSR count). The van der Waals surface area contributed by atoms with E-state index < -0.39 is 16.3 Å². The van der Waals surface area contributed by atoms with Crippen molar-refractivity contribution in [2.45, 2.75) is 39.6 Å². The van der Waals surface area contributed by atoms with Crippen molar-refractivity contribution in [1.82, 2.24) is 9.36 Å². The Balaban J connectivity index is 1.67. The summed E-state index contributed by atoms with van der Waals surface area (Å²) in [4.78, 5) is 4.46. The highest BCUT2D eigenvalue weighted by molar-refractivity contribution is 8.11. The fraction of sp³-hybridized carbons (Fsp3) is 0.318. The van der Waals surface area contributed by atoms with Crippen LogP contribution in [0.3, 0.4) is 0 Å². The van der Waals surface area contributed by atoms with Gasteiger partial charge in [-0.15, -0.1) is 0 Å². The highest BCUT2D eigenvalue weighted by atomic mass is 32.2. The quantitative estimate of drug-likeness (QED) is 0.350. The molecule has 0 N–H and O–H groups in total. The second-order valence-electron chi connectivity index (χ2n) is 6.95. The molecule has 0 aliphatic heterocycles. The van der Waals surface area contributed by atoms with Crippen LogP contribution in [0.1, 0.15) is 29.2 Å². The molecule has 1 aromatic heterocycles. The standard InChI is InChI=1S/C22H23F3N2O2S2/c1-5-31(22(23,24)25)28-11-10-18-12-16(4)19(13-15(18)3)29-21-26-20(27-30-21)17-8-6-14(2)7-9-17/h5-9,12-13H,10-11H2,1-4H3. The molecule has 4 nitrogen and oxygen atoms in total. The van der Waals surface area contributed by atoms with Crippen molar-refractivity contribution < 1.29 is 22.1 Å². The molecule has 3 aromatic rings. The smallest absolute Gasteiger partial charge is 0.430 e. The Morgan fingerprint density at radius 1 is 1.06 bits per heavy atom. The maximum Gasteiger partial charge on any atom is 0.460 e. The third kappa shape index (κ3) is 6.15. The van der Waals surface area contributed by atoms with Gasteiger partial charge in [0.05, 0.1) is 6.61 Å². The van der Waals surface area contributed by atoms with Gasteiger partial charge >= 0.3 is 5.51 Å². The lowest BCUT2D eigenvalue weighted by molar-refractivity contribution is -0.0405. The first-order chi connectivity index (χ1) is 14.7. The Morgan fingerprint density at radius 2 is 1.77 bits per heavy atom. The summed E-state index contributed by atoms with van der Waals surface area (Å²) in [5, 5.41) is 1.48. The summed E-state index contributed by atoms with van der Waals surface area (Å²) < 4.78 is 53.8. The van der Waals surface area contributed by atoms with Crippen molar-refractivity contribution >= 4 is 27.7 Å². The van der Waals surface area contributed by atoms with Crippen molar-refractivity contribution in [2.24, 2.45) is 0 Å². The molecule has 9 heteroatoms. The molecule has 0 radical (unpaired) electrons. The second-order valence-corrected chi connectivity index (χ2v) is 9.43. The van der Waals surface area contributed by atoms with E-state index in [4.69, 9.17) is 8.92 Å². The van der Waals surface area contributed by atoms with Crippen molar-refractivity contribution in [3.05, 3.63) is 58.7 Å². The van der Waals surface area contributed by atoms with Crippen molar-refractivity contribution in [3.63, 3.8) is 0 Å². The molecule has 1 heterocycles. The van der Waals surface area contributed by atoms with E-state index in [-0.39, 0.29) is 6.61 Å². The van der Waals surface area contributed by atoms with Crippen molar-refractivity contribution in [2.75, 3.05) is 6.61 Å². The minimum Gasteiger partial charge on any atom is -0.430 e. The number of aromatic nitrogens is 2. The summed E-state index contributed by atoms with van der Waals surface area (Å²) in [5.41, 5.74) is 0.418. The third-order valence-electron chi connectivity index (χ3n) is 4.57. The zero-order chi connectivity index (χ0) is 22.6. The van der Waals surface area contributed by atoms with Gasteiger partial charge in [0, 0.05) is 27.9 Å². The topological polar surface area (TPSA) is 44.2 Å². The molecule has 0 amide bonds. The lowest BCUT2D eigenvalue weighted by atomic mass is 10.0. The Morgan fingerprint density at radius 3 is 2.42 bits per heavy atom. The average molecular weight is 469 g/mol. The SMILES string of the molecule is C/C=S(\OCCc1cc(C)c(Oc2nc(-c3ccc(C)cc3)ns2)cc1C)C(F)(F)F. The normalized spacial score (nSPS) is 12.9. The second kappa shape index (κ2) is 9.93. The molecular weight excluding hydrogens is 445 g/mol. The van der Waals surface area contributed by atoms with Crippen LogP contribution in [0.25, 0.3) is 11.4 Å². The fourth-order valence-electron chi connectivity index (χ4n) is 2.90. The number of hydrogen-bond acceptors (Lipinski definition) is 5. The zero-order valence-electron chi connectivity index (χ0n) is 17.6. The zero-order valence-corrected chi connectivity index (χ0v) is 19.2. The first-order valence-corrected chi connectivity index (χ1v) is 11.6. The average Bonchev–Trinajstić information content (AvgIpc) is 3.16. The minimum atomic E-state index is -4.36. The third-order valence-corrected chi connectivity index (χ3v) is 6.47. The Kier molecular flexibility index (Phi) is 7.51. The summed E-state index contributed by atoms with van der Waals surface area (Å²) in [7, 11) is -2.14. The summed E-state index contributed by atoms with van der Waals surface area (Å²) in [6.07, 6.45) is 0.386. The van der Waals surface area contributed by atoms with Gasteiger partial charge in [-0.05, 0) is 62.2 Å². The van der Waals surface area contributed by atoms with Gasteiger partial charge < -0.3 is 8.92 Å². The number of aryl methyl sites for hydroxylation is 3. The van der Waals surface area contributed by atoms with Gasteiger partial charge in [-0.25, -0.2) is 0 Å². The van der Waals surface area contributed by atoms with Crippen LogP contribution in [0.5, 0.6) is 10.9 Å². The van der Waals surface area contributed by atoms with Crippen LogP contribution in [-0.2, 0) is 10.6 Å². The van der Waals surface area contributed by atoms with Gasteiger partial charge in [0.1, 0.15) is 5.75 Å². The van der Waals surface area contributed by atoms with Gasteiger partial charge in [0.2, 0.25) is 0 Å². The number of benzene rings is 2. The fourth-order valence-corrected chi connectivity index (χ4v) is 4.27. The maximum atomic E-state index is 12.8. The van der Waals surface area contributed by atoms with Gasteiger partial charge in [-0.2, -0.15) is 22.5 Å².